The summed E-state index contributed by atoms with van der Waals surface area (Å²) in [5.74, 6) is -0.0951. The van der Waals surface area contributed by atoms with E-state index in [4.69, 9.17) is 11.6 Å². The summed E-state index contributed by atoms with van der Waals surface area (Å²) in [6.45, 7) is 1.15. The Labute approximate surface area is 136 Å². The number of amides is 2. The zero-order valence-corrected chi connectivity index (χ0v) is 13.8. The maximum Gasteiger partial charge on any atom is 0.240 e. The minimum Gasteiger partial charge on any atom is -0.308 e. The predicted octanol–water partition coefficient (Wildman–Crippen LogP) is 2.23. The molecule has 2 aliphatic rings. The van der Waals surface area contributed by atoms with E-state index in [1.54, 1.807) is 0 Å². The van der Waals surface area contributed by atoms with Crippen molar-refractivity contribution in [3.05, 3.63) is 34.3 Å². The van der Waals surface area contributed by atoms with E-state index in [0.717, 1.165) is 30.4 Å². The highest BCUT2D eigenvalue weighted by atomic mass is 35.5. The lowest BCUT2D eigenvalue weighted by Gasteiger charge is -2.33. The van der Waals surface area contributed by atoms with Crippen LogP contribution in [0.25, 0.3) is 0 Å². The second kappa shape index (κ2) is 5.67. The Balaban J connectivity index is 1.97. The number of likely N-dealkylation sites (tertiary alicyclic amines) is 1. The molecule has 1 heterocycles. The molecular weight excluding hydrogens is 300 g/mol. The van der Waals surface area contributed by atoms with Gasteiger partial charge in [-0.2, -0.15) is 0 Å². The van der Waals surface area contributed by atoms with Crippen molar-refractivity contribution in [1.82, 2.24) is 9.80 Å². The zero-order valence-electron chi connectivity index (χ0n) is 13.1. The summed E-state index contributed by atoms with van der Waals surface area (Å²) >= 11 is 6.14. The van der Waals surface area contributed by atoms with Gasteiger partial charge in [0.15, 0.2) is 0 Å². The van der Waals surface area contributed by atoms with Crippen molar-refractivity contribution in [2.75, 3.05) is 27.2 Å². The average Bonchev–Trinajstić information content (AvgIpc) is 2.70. The molecule has 2 amide bonds. The molecule has 1 fully saturated rings. The van der Waals surface area contributed by atoms with E-state index in [0.29, 0.717) is 18.1 Å². The molecular formula is C17H21ClN2O2. The molecule has 118 valence electrons. The quantitative estimate of drug-likeness (QED) is 0.802. The first-order valence-electron chi connectivity index (χ1n) is 7.72. The number of halogens is 1. The van der Waals surface area contributed by atoms with Gasteiger partial charge in [0.2, 0.25) is 11.8 Å². The second-order valence-electron chi connectivity index (χ2n) is 6.57. The normalized spacial score (nSPS) is 24.5. The van der Waals surface area contributed by atoms with Gasteiger partial charge in [0, 0.05) is 24.5 Å². The van der Waals surface area contributed by atoms with Crippen LogP contribution in [0, 0.1) is 0 Å². The van der Waals surface area contributed by atoms with Gasteiger partial charge in [0.25, 0.3) is 0 Å². The fourth-order valence-corrected chi connectivity index (χ4v) is 3.83. The van der Waals surface area contributed by atoms with E-state index in [-0.39, 0.29) is 18.2 Å². The minimum atomic E-state index is -0.679. The van der Waals surface area contributed by atoms with Gasteiger partial charge < -0.3 is 4.90 Å². The van der Waals surface area contributed by atoms with Crippen molar-refractivity contribution in [3.8, 4) is 0 Å². The Morgan fingerprint density at radius 2 is 2.09 bits per heavy atom. The summed E-state index contributed by atoms with van der Waals surface area (Å²) < 4.78 is 0. The lowest BCUT2D eigenvalue weighted by Crippen LogP contribution is -2.42. The number of hydrogen-bond acceptors (Lipinski definition) is 3. The first-order chi connectivity index (χ1) is 10.4. The van der Waals surface area contributed by atoms with Gasteiger partial charge in [0.1, 0.15) is 0 Å². The van der Waals surface area contributed by atoms with Gasteiger partial charge in [-0.3, -0.25) is 14.5 Å². The zero-order chi connectivity index (χ0) is 15.9. The molecule has 1 unspecified atom stereocenters. The highest BCUT2D eigenvalue weighted by Gasteiger charge is 2.53. The first kappa shape index (κ1) is 15.5. The average molecular weight is 321 g/mol. The first-order valence-corrected chi connectivity index (χ1v) is 8.10. The molecule has 0 radical (unpaired) electrons. The number of likely N-dealkylation sites (N-methyl/N-ethyl adjacent to an activating group) is 1. The van der Waals surface area contributed by atoms with Gasteiger partial charge in [-0.1, -0.05) is 17.7 Å². The van der Waals surface area contributed by atoms with Gasteiger partial charge in [0.05, 0.1) is 5.41 Å². The molecule has 1 atom stereocenters. The largest absolute Gasteiger partial charge is 0.308 e. The number of benzene rings is 1. The third-order valence-corrected chi connectivity index (χ3v) is 5.05. The number of nitrogens with zero attached hydrogens (tertiary/aromatic N) is 2. The summed E-state index contributed by atoms with van der Waals surface area (Å²) in [5.41, 5.74) is 1.45. The van der Waals surface area contributed by atoms with Crippen LogP contribution in [0.3, 0.4) is 0 Å². The summed E-state index contributed by atoms with van der Waals surface area (Å²) in [6, 6.07) is 5.75. The highest BCUT2D eigenvalue weighted by molar-refractivity contribution is 6.30. The summed E-state index contributed by atoms with van der Waals surface area (Å²) in [7, 11) is 3.88. The molecule has 1 aliphatic heterocycles. The fourth-order valence-electron chi connectivity index (χ4n) is 3.66. The van der Waals surface area contributed by atoms with E-state index in [9.17, 15) is 9.59 Å². The highest BCUT2D eigenvalue weighted by Crippen LogP contribution is 2.46. The van der Waals surface area contributed by atoms with Gasteiger partial charge in [-0.15, -0.1) is 0 Å². The Morgan fingerprint density at radius 3 is 2.82 bits per heavy atom. The van der Waals surface area contributed by atoms with E-state index in [1.165, 1.54) is 4.90 Å². The number of imide groups is 1. The molecule has 22 heavy (non-hydrogen) atoms. The SMILES string of the molecule is CN(C)CCN1C(=O)CC2(CCCc3ccc(Cl)cc32)C1=O. The van der Waals surface area contributed by atoms with Crippen LogP contribution in [0.15, 0.2) is 18.2 Å². The van der Waals surface area contributed by atoms with E-state index < -0.39 is 5.41 Å². The molecule has 0 N–H and O–H groups in total. The molecule has 0 saturated carbocycles. The summed E-state index contributed by atoms with van der Waals surface area (Å²) in [6.07, 6.45) is 2.92. The topological polar surface area (TPSA) is 40.6 Å². The summed E-state index contributed by atoms with van der Waals surface area (Å²) in [5, 5.41) is 0.631. The van der Waals surface area contributed by atoms with Crippen molar-refractivity contribution in [2.45, 2.75) is 31.1 Å². The third kappa shape index (κ3) is 2.44. The lowest BCUT2D eigenvalue weighted by molar-refractivity contribution is -0.140. The number of aryl methyl sites for hydroxylation is 1. The summed E-state index contributed by atoms with van der Waals surface area (Å²) in [4.78, 5) is 28.9. The molecule has 1 aromatic carbocycles. The monoisotopic (exact) mass is 320 g/mol. The molecule has 1 aliphatic carbocycles. The number of rotatable bonds is 3. The van der Waals surface area contributed by atoms with E-state index in [1.807, 2.05) is 37.2 Å². The Morgan fingerprint density at radius 1 is 1.32 bits per heavy atom. The van der Waals surface area contributed by atoms with Crippen molar-refractivity contribution < 1.29 is 9.59 Å². The van der Waals surface area contributed by atoms with Crippen LogP contribution in [0.4, 0.5) is 0 Å². The standard InChI is InChI=1S/C17H21ClN2O2/c1-19(2)8-9-20-15(21)11-17(16(20)22)7-3-4-12-5-6-13(18)10-14(12)17/h5-6,10H,3-4,7-9,11H2,1-2H3. The van der Waals surface area contributed by atoms with Crippen LogP contribution in [-0.2, 0) is 21.4 Å². The smallest absolute Gasteiger partial charge is 0.240 e. The van der Waals surface area contributed by atoms with E-state index >= 15 is 0 Å². The lowest BCUT2D eigenvalue weighted by atomic mass is 9.69. The second-order valence-corrected chi connectivity index (χ2v) is 7.00. The van der Waals surface area contributed by atoms with Crippen LogP contribution in [0.1, 0.15) is 30.4 Å². The Hall–Kier alpha value is -1.39. The van der Waals surface area contributed by atoms with Crippen molar-refractivity contribution in [2.24, 2.45) is 0 Å². The molecule has 1 aromatic rings. The van der Waals surface area contributed by atoms with Gasteiger partial charge in [-0.25, -0.2) is 0 Å². The van der Waals surface area contributed by atoms with Crippen LogP contribution in [0.5, 0.6) is 0 Å². The van der Waals surface area contributed by atoms with Gasteiger partial charge >= 0.3 is 0 Å². The number of carbonyl (C=O) groups is 2. The molecule has 0 bridgehead atoms. The number of carbonyl (C=O) groups excluding carboxylic acids is 2. The van der Waals surface area contributed by atoms with Crippen LogP contribution < -0.4 is 0 Å². The Bertz CT molecular complexity index is 629. The molecule has 0 aromatic heterocycles. The predicted molar refractivity (Wildman–Crippen MR) is 86.0 cm³/mol. The molecule has 1 saturated heterocycles. The van der Waals surface area contributed by atoms with Crippen LogP contribution >= 0.6 is 11.6 Å². The minimum absolute atomic E-state index is 0.0393. The maximum absolute atomic E-state index is 13.0. The van der Waals surface area contributed by atoms with Crippen molar-refractivity contribution in [1.29, 1.82) is 0 Å². The van der Waals surface area contributed by atoms with Crippen LogP contribution in [0.2, 0.25) is 5.02 Å². The van der Waals surface area contributed by atoms with Crippen molar-refractivity contribution in [3.63, 3.8) is 0 Å². The molecule has 5 heteroatoms. The van der Waals surface area contributed by atoms with E-state index in [2.05, 4.69) is 0 Å². The van der Waals surface area contributed by atoms with Crippen LogP contribution in [-0.4, -0.2) is 48.8 Å². The van der Waals surface area contributed by atoms with Crippen molar-refractivity contribution >= 4 is 23.4 Å². The fraction of sp³-hybridized carbons (Fsp3) is 0.529. The maximum atomic E-state index is 13.0. The Kier molecular flexibility index (Phi) is 4.00. The molecule has 3 rings (SSSR count). The van der Waals surface area contributed by atoms with Gasteiger partial charge in [-0.05, 0) is 56.6 Å². The number of fused-ring (bicyclic) bond motifs is 2. The third-order valence-electron chi connectivity index (χ3n) is 4.82. The molecule has 1 spiro atoms. The number of hydrogen-bond donors (Lipinski definition) is 0. The molecule has 4 nitrogen and oxygen atoms in total.